The summed E-state index contributed by atoms with van der Waals surface area (Å²) in [6, 6.07) is 4.87. The van der Waals surface area contributed by atoms with Crippen molar-refractivity contribution in [2.45, 2.75) is 37.9 Å². The maximum Gasteiger partial charge on any atom is 0.391 e. The van der Waals surface area contributed by atoms with Gasteiger partial charge in [0.1, 0.15) is 5.82 Å². The second kappa shape index (κ2) is 5.81. The van der Waals surface area contributed by atoms with E-state index in [0.717, 1.165) is 6.07 Å². The molecular formula is C14H15F4NO. The summed E-state index contributed by atoms with van der Waals surface area (Å²) < 4.78 is 51.4. The van der Waals surface area contributed by atoms with Crippen LogP contribution in [0.25, 0.3) is 0 Å². The smallest absolute Gasteiger partial charge is 0.349 e. The van der Waals surface area contributed by atoms with Crippen LogP contribution in [0.5, 0.6) is 0 Å². The number of carbonyl (C=O) groups excluding carboxylic acids is 1. The van der Waals surface area contributed by atoms with Crippen LogP contribution in [0.15, 0.2) is 24.3 Å². The van der Waals surface area contributed by atoms with Crippen LogP contribution in [0.1, 0.15) is 36.0 Å². The molecular weight excluding hydrogens is 274 g/mol. The molecule has 0 spiro atoms. The van der Waals surface area contributed by atoms with Gasteiger partial charge in [-0.05, 0) is 31.4 Å². The lowest BCUT2D eigenvalue weighted by atomic mass is 9.85. The van der Waals surface area contributed by atoms with Crippen molar-refractivity contribution in [3.8, 4) is 0 Å². The van der Waals surface area contributed by atoms with Crippen LogP contribution in [-0.2, 0) is 0 Å². The van der Waals surface area contributed by atoms with Crippen LogP contribution in [0, 0.1) is 11.7 Å². The van der Waals surface area contributed by atoms with E-state index in [0.29, 0.717) is 12.8 Å². The second-order valence-electron chi connectivity index (χ2n) is 5.06. The molecule has 110 valence electrons. The van der Waals surface area contributed by atoms with E-state index in [1.807, 2.05) is 0 Å². The second-order valence-corrected chi connectivity index (χ2v) is 5.06. The van der Waals surface area contributed by atoms with Gasteiger partial charge in [-0.3, -0.25) is 4.79 Å². The molecule has 2 atom stereocenters. The highest BCUT2D eigenvalue weighted by atomic mass is 19.4. The maximum absolute atomic E-state index is 13.4. The minimum absolute atomic E-state index is 0.0928. The fourth-order valence-electron chi connectivity index (χ4n) is 2.53. The molecule has 1 amide bonds. The number of benzene rings is 1. The van der Waals surface area contributed by atoms with E-state index in [-0.39, 0.29) is 18.4 Å². The molecule has 1 aliphatic carbocycles. The first-order valence-electron chi connectivity index (χ1n) is 6.50. The van der Waals surface area contributed by atoms with E-state index in [2.05, 4.69) is 5.32 Å². The highest BCUT2D eigenvalue weighted by molar-refractivity contribution is 5.94. The van der Waals surface area contributed by atoms with Crippen molar-refractivity contribution >= 4 is 5.91 Å². The van der Waals surface area contributed by atoms with E-state index in [9.17, 15) is 22.4 Å². The van der Waals surface area contributed by atoms with Crippen LogP contribution < -0.4 is 5.32 Å². The third kappa shape index (κ3) is 3.49. The molecule has 1 aromatic rings. The fraction of sp³-hybridized carbons (Fsp3) is 0.500. The van der Waals surface area contributed by atoms with Crippen molar-refractivity contribution in [3.63, 3.8) is 0 Å². The highest BCUT2D eigenvalue weighted by Crippen LogP contribution is 2.37. The van der Waals surface area contributed by atoms with E-state index in [1.165, 1.54) is 18.2 Å². The van der Waals surface area contributed by atoms with E-state index in [4.69, 9.17) is 0 Å². The predicted octanol–water partition coefficient (Wildman–Crippen LogP) is 3.68. The van der Waals surface area contributed by atoms with Crippen LogP contribution in [0.2, 0.25) is 0 Å². The van der Waals surface area contributed by atoms with E-state index in [1.54, 1.807) is 0 Å². The third-order valence-electron chi connectivity index (χ3n) is 3.59. The van der Waals surface area contributed by atoms with Crippen molar-refractivity contribution in [2.24, 2.45) is 5.92 Å². The number of amides is 1. The summed E-state index contributed by atoms with van der Waals surface area (Å²) in [5.41, 5.74) is -0.137. The van der Waals surface area contributed by atoms with Gasteiger partial charge in [-0.1, -0.05) is 18.6 Å². The normalized spacial score (nSPS) is 23.4. The average molecular weight is 289 g/mol. The van der Waals surface area contributed by atoms with Crippen molar-refractivity contribution in [3.05, 3.63) is 35.6 Å². The van der Waals surface area contributed by atoms with Crippen molar-refractivity contribution in [1.29, 1.82) is 0 Å². The molecule has 0 bridgehead atoms. The lowest BCUT2D eigenvalue weighted by molar-refractivity contribution is -0.183. The van der Waals surface area contributed by atoms with Crippen molar-refractivity contribution in [1.82, 2.24) is 5.32 Å². The summed E-state index contributed by atoms with van der Waals surface area (Å²) >= 11 is 0. The number of carbonyl (C=O) groups is 1. The van der Waals surface area contributed by atoms with E-state index < -0.39 is 29.9 Å². The molecule has 1 N–H and O–H groups in total. The number of nitrogens with one attached hydrogen (secondary N) is 1. The molecule has 1 saturated carbocycles. The lowest BCUT2D eigenvalue weighted by Crippen LogP contribution is -2.41. The number of rotatable bonds is 2. The van der Waals surface area contributed by atoms with Crippen LogP contribution in [-0.4, -0.2) is 18.1 Å². The lowest BCUT2D eigenvalue weighted by Gasteiger charge is -2.31. The largest absolute Gasteiger partial charge is 0.391 e. The number of alkyl halides is 3. The summed E-state index contributed by atoms with van der Waals surface area (Å²) in [5.74, 6) is -2.72. The third-order valence-corrected chi connectivity index (χ3v) is 3.59. The highest BCUT2D eigenvalue weighted by Gasteiger charge is 2.42. The molecule has 1 aromatic carbocycles. The molecule has 6 heteroatoms. The van der Waals surface area contributed by atoms with Gasteiger partial charge >= 0.3 is 6.18 Å². The van der Waals surface area contributed by atoms with Crippen LogP contribution >= 0.6 is 0 Å². The van der Waals surface area contributed by atoms with Gasteiger partial charge in [0, 0.05) is 6.04 Å². The molecule has 0 saturated heterocycles. The first kappa shape index (κ1) is 14.8. The SMILES string of the molecule is O=C(N[C@@H]1CCC[C@@H](C(F)(F)F)C1)c1ccccc1F. The molecule has 2 rings (SSSR count). The summed E-state index contributed by atoms with van der Waals surface area (Å²) in [5, 5.41) is 2.50. The Bertz CT molecular complexity index is 486. The molecule has 20 heavy (non-hydrogen) atoms. The first-order chi connectivity index (χ1) is 9.38. The monoisotopic (exact) mass is 289 g/mol. The summed E-state index contributed by atoms with van der Waals surface area (Å²) in [4.78, 5) is 11.9. The van der Waals surface area contributed by atoms with E-state index >= 15 is 0 Å². The Morgan fingerprint density at radius 1 is 1.20 bits per heavy atom. The summed E-state index contributed by atoms with van der Waals surface area (Å²) in [6.45, 7) is 0. The van der Waals surface area contributed by atoms with Crippen LogP contribution in [0.3, 0.4) is 0 Å². The quantitative estimate of drug-likeness (QED) is 0.827. The van der Waals surface area contributed by atoms with Crippen molar-refractivity contribution < 1.29 is 22.4 Å². The topological polar surface area (TPSA) is 29.1 Å². The zero-order valence-corrected chi connectivity index (χ0v) is 10.7. The Morgan fingerprint density at radius 2 is 1.90 bits per heavy atom. The van der Waals surface area contributed by atoms with Gasteiger partial charge in [-0.2, -0.15) is 13.2 Å². The maximum atomic E-state index is 13.4. The molecule has 1 fully saturated rings. The Labute approximate surface area is 114 Å². The minimum atomic E-state index is -4.23. The average Bonchev–Trinajstić information content (AvgIpc) is 2.38. The first-order valence-corrected chi connectivity index (χ1v) is 6.50. The number of hydrogen-bond donors (Lipinski definition) is 1. The molecule has 0 aromatic heterocycles. The molecule has 0 unspecified atom stereocenters. The standard InChI is InChI=1S/C14H15F4NO/c15-12-7-2-1-6-11(12)13(20)19-10-5-3-4-9(8-10)14(16,17)18/h1-2,6-7,9-10H,3-5,8H2,(H,19,20)/t9-,10-/m1/s1. The Hall–Kier alpha value is -1.59. The summed E-state index contributed by atoms with van der Waals surface area (Å²) in [7, 11) is 0. The van der Waals surface area contributed by atoms with Gasteiger partial charge in [0.15, 0.2) is 0 Å². The van der Waals surface area contributed by atoms with Gasteiger partial charge in [0.2, 0.25) is 0 Å². The Morgan fingerprint density at radius 3 is 2.55 bits per heavy atom. The van der Waals surface area contributed by atoms with Gasteiger partial charge < -0.3 is 5.32 Å². The van der Waals surface area contributed by atoms with Gasteiger partial charge in [0.05, 0.1) is 11.5 Å². The fourth-order valence-corrected chi connectivity index (χ4v) is 2.53. The number of hydrogen-bond acceptors (Lipinski definition) is 1. The summed E-state index contributed by atoms with van der Waals surface area (Å²) in [6.07, 6.45) is -3.38. The molecule has 0 aliphatic heterocycles. The molecule has 2 nitrogen and oxygen atoms in total. The van der Waals surface area contributed by atoms with Gasteiger partial charge in [0.25, 0.3) is 5.91 Å². The molecule has 1 aliphatic rings. The zero-order chi connectivity index (χ0) is 14.8. The van der Waals surface area contributed by atoms with Gasteiger partial charge in [-0.15, -0.1) is 0 Å². The predicted molar refractivity (Wildman–Crippen MR) is 65.7 cm³/mol. The minimum Gasteiger partial charge on any atom is -0.349 e. The van der Waals surface area contributed by atoms with Gasteiger partial charge in [-0.25, -0.2) is 4.39 Å². The molecule has 0 heterocycles. The van der Waals surface area contributed by atoms with Crippen LogP contribution in [0.4, 0.5) is 17.6 Å². The zero-order valence-electron chi connectivity index (χ0n) is 10.7. The van der Waals surface area contributed by atoms with Crippen molar-refractivity contribution in [2.75, 3.05) is 0 Å². The Kier molecular flexibility index (Phi) is 4.30. The molecule has 0 radical (unpaired) electrons. The Balaban J connectivity index is 2.00. The number of halogens is 4.